The second kappa shape index (κ2) is 5.75. The van der Waals surface area contributed by atoms with Gasteiger partial charge in [0.25, 0.3) is 5.91 Å². The Labute approximate surface area is 127 Å². The molecule has 2 aromatic rings. The molecule has 4 heteroatoms. The molecule has 1 N–H and O–H groups in total. The molecule has 0 bridgehead atoms. The molecule has 0 saturated heterocycles. The number of benzene rings is 1. The first-order chi connectivity index (χ1) is 9.38. The van der Waals surface area contributed by atoms with Crippen molar-refractivity contribution in [3.63, 3.8) is 0 Å². The second-order valence-electron chi connectivity index (χ2n) is 5.62. The molecule has 3 nitrogen and oxygen atoms in total. The van der Waals surface area contributed by atoms with Crippen LogP contribution in [0.4, 0.5) is 5.69 Å². The summed E-state index contributed by atoms with van der Waals surface area (Å²) in [6, 6.07) is 11.3. The van der Waals surface area contributed by atoms with Gasteiger partial charge in [-0.1, -0.05) is 39.0 Å². The lowest BCUT2D eigenvalue weighted by Gasteiger charge is -2.23. The summed E-state index contributed by atoms with van der Waals surface area (Å²) in [5, 5.41) is 2.97. The highest BCUT2D eigenvalue weighted by molar-refractivity contribution is 9.10. The SMILES string of the molecule is CC(C)(C)c1ccccc1NC(=O)c1ccnc(Br)c1. The normalized spacial score (nSPS) is 11.2. The Morgan fingerprint density at radius 2 is 1.90 bits per heavy atom. The third-order valence-electron chi connectivity index (χ3n) is 2.97. The number of nitrogens with zero attached hydrogens (tertiary/aromatic N) is 1. The summed E-state index contributed by atoms with van der Waals surface area (Å²) >= 11 is 3.27. The molecule has 0 spiro atoms. The number of rotatable bonds is 2. The molecule has 1 aromatic heterocycles. The minimum atomic E-state index is -0.134. The van der Waals surface area contributed by atoms with Crippen molar-refractivity contribution in [1.82, 2.24) is 4.98 Å². The topological polar surface area (TPSA) is 42.0 Å². The lowest BCUT2D eigenvalue weighted by atomic mass is 9.86. The van der Waals surface area contributed by atoms with E-state index in [4.69, 9.17) is 0 Å². The van der Waals surface area contributed by atoms with E-state index in [2.05, 4.69) is 47.0 Å². The number of aromatic nitrogens is 1. The third kappa shape index (κ3) is 3.45. The smallest absolute Gasteiger partial charge is 0.255 e. The summed E-state index contributed by atoms with van der Waals surface area (Å²) < 4.78 is 0.647. The highest BCUT2D eigenvalue weighted by atomic mass is 79.9. The van der Waals surface area contributed by atoms with Gasteiger partial charge < -0.3 is 5.32 Å². The average molecular weight is 333 g/mol. The first kappa shape index (κ1) is 14.7. The molecule has 0 unspecified atom stereocenters. The molecule has 0 radical (unpaired) electrons. The zero-order valence-electron chi connectivity index (χ0n) is 11.8. The lowest BCUT2D eigenvalue weighted by Crippen LogP contribution is -2.18. The first-order valence-corrected chi connectivity index (χ1v) is 7.19. The number of anilines is 1. The molecule has 104 valence electrons. The summed E-state index contributed by atoms with van der Waals surface area (Å²) in [5.74, 6) is -0.134. The van der Waals surface area contributed by atoms with Crippen LogP contribution in [0.5, 0.6) is 0 Å². The number of amides is 1. The molecule has 0 fully saturated rings. The predicted octanol–water partition coefficient (Wildman–Crippen LogP) is 4.39. The Bertz CT molecular complexity index is 632. The molecular formula is C16H17BrN2O. The van der Waals surface area contributed by atoms with Crippen LogP contribution in [0.15, 0.2) is 47.2 Å². The van der Waals surface area contributed by atoms with Crippen molar-refractivity contribution in [2.75, 3.05) is 5.32 Å². The van der Waals surface area contributed by atoms with Gasteiger partial charge in [0.1, 0.15) is 4.60 Å². The molecule has 1 aromatic carbocycles. The van der Waals surface area contributed by atoms with E-state index in [1.165, 1.54) is 0 Å². The zero-order chi connectivity index (χ0) is 14.8. The monoisotopic (exact) mass is 332 g/mol. The largest absolute Gasteiger partial charge is 0.322 e. The molecule has 2 rings (SSSR count). The minimum absolute atomic E-state index is 0.0251. The second-order valence-corrected chi connectivity index (χ2v) is 6.43. The van der Waals surface area contributed by atoms with E-state index in [0.29, 0.717) is 10.2 Å². The van der Waals surface area contributed by atoms with Crippen LogP contribution in [-0.2, 0) is 5.41 Å². The van der Waals surface area contributed by atoms with Crippen LogP contribution in [0.1, 0.15) is 36.7 Å². The van der Waals surface area contributed by atoms with Crippen LogP contribution in [-0.4, -0.2) is 10.9 Å². The summed E-state index contributed by atoms with van der Waals surface area (Å²) in [7, 11) is 0. The number of carbonyl (C=O) groups excluding carboxylic acids is 1. The number of hydrogen-bond acceptors (Lipinski definition) is 2. The molecule has 1 heterocycles. The van der Waals surface area contributed by atoms with Gasteiger partial charge >= 0.3 is 0 Å². The number of hydrogen-bond donors (Lipinski definition) is 1. The highest BCUT2D eigenvalue weighted by Crippen LogP contribution is 2.29. The van der Waals surface area contributed by atoms with Gasteiger partial charge in [0.05, 0.1) is 0 Å². The summed E-state index contributed by atoms with van der Waals surface area (Å²) in [5.41, 5.74) is 2.51. The maximum absolute atomic E-state index is 12.3. The van der Waals surface area contributed by atoms with E-state index in [1.54, 1.807) is 18.3 Å². The summed E-state index contributed by atoms with van der Waals surface area (Å²) in [4.78, 5) is 16.3. The van der Waals surface area contributed by atoms with Gasteiger partial charge in [-0.15, -0.1) is 0 Å². The third-order valence-corrected chi connectivity index (χ3v) is 3.41. The fourth-order valence-electron chi connectivity index (χ4n) is 1.98. The van der Waals surface area contributed by atoms with Crippen LogP contribution in [0, 0.1) is 0 Å². The van der Waals surface area contributed by atoms with E-state index in [1.807, 2.05) is 24.3 Å². The van der Waals surface area contributed by atoms with Crippen LogP contribution >= 0.6 is 15.9 Å². The van der Waals surface area contributed by atoms with Crippen molar-refractivity contribution in [3.05, 3.63) is 58.3 Å². The van der Waals surface area contributed by atoms with E-state index in [9.17, 15) is 4.79 Å². The van der Waals surface area contributed by atoms with Gasteiger partial charge in [-0.05, 0) is 45.1 Å². The van der Waals surface area contributed by atoms with Crippen LogP contribution in [0.3, 0.4) is 0 Å². The van der Waals surface area contributed by atoms with Gasteiger partial charge in [-0.25, -0.2) is 4.98 Å². The zero-order valence-corrected chi connectivity index (χ0v) is 13.4. The molecule has 20 heavy (non-hydrogen) atoms. The van der Waals surface area contributed by atoms with Crippen molar-refractivity contribution in [2.24, 2.45) is 0 Å². The van der Waals surface area contributed by atoms with Crippen LogP contribution in [0.2, 0.25) is 0 Å². The summed E-state index contributed by atoms with van der Waals surface area (Å²) in [6.07, 6.45) is 1.61. The standard InChI is InChI=1S/C16H17BrN2O/c1-16(2,3)12-6-4-5-7-13(12)19-15(20)11-8-9-18-14(17)10-11/h4-10H,1-3H3,(H,19,20). The molecule has 0 aliphatic rings. The average Bonchev–Trinajstić information content (AvgIpc) is 2.38. The number of carbonyl (C=O) groups is 1. The Morgan fingerprint density at radius 1 is 1.20 bits per heavy atom. The fourth-order valence-corrected chi connectivity index (χ4v) is 2.35. The molecule has 0 aliphatic heterocycles. The van der Waals surface area contributed by atoms with E-state index >= 15 is 0 Å². The number of nitrogens with one attached hydrogen (secondary N) is 1. The Hall–Kier alpha value is -1.68. The first-order valence-electron chi connectivity index (χ1n) is 6.40. The van der Waals surface area contributed by atoms with E-state index in [-0.39, 0.29) is 11.3 Å². The minimum Gasteiger partial charge on any atom is -0.322 e. The molecule has 0 aliphatic carbocycles. The molecular weight excluding hydrogens is 316 g/mol. The predicted molar refractivity (Wildman–Crippen MR) is 85.0 cm³/mol. The van der Waals surface area contributed by atoms with Crippen LogP contribution in [0.25, 0.3) is 0 Å². The van der Waals surface area contributed by atoms with Gasteiger partial charge in [-0.3, -0.25) is 4.79 Å². The Kier molecular flexibility index (Phi) is 4.23. The van der Waals surface area contributed by atoms with Gasteiger partial charge in [0.15, 0.2) is 0 Å². The molecule has 0 saturated carbocycles. The van der Waals surface area contributed by atoms with E-state index < -0.39 is 0 Å². The van der Waals surface area contributed by atoms with Gasteiger partial charge in [0, 0.05) is 17.4 Å². The van der Waals surface area contributed by atoms with Gasteiger partial charge in [-0.2, -0.15) is 0 Å². The maximum atomic E-state index is 12.3. The number of para-hydroxylation sites is 1. The van der Waals surface area contributed by atoms with Crippen molar-refractivity contribution in [1.29, 1.82) is 0 Å². The molecule has 0 atom stereocenters. The number of halogens is 1. The molecule has 1 amide bonds. The Balaban J connectivity index is 2.29. The number of pyridine rings is 1. The quantitative estimate of drug-likeness (QED) is 0.828. The van der Waals surface area contributed by atoms with E-state index in [0.717, 1.165) is 11.3 Å². The van der Waals surface area contributed by atoms with Crippen LogP contribution < -0.4 is 5.32 Å². The summed E-state index contributed by atoms with van der Waals surface area (Å²) in [6.45, 7) is 6.38. The van der Waals surface area contributed by atoms with Crippen molar-refractivity contribution in [3.8, 4) is 0 Å². The van der Waals surface area contributed by atoms with Gasteiger partial charge in [0.2, 0.25) is 0 Å². The highest BCUT2D eigenvalue weighted by Gasteiger charge is 2.18. The van der Waals surface area contributed by atoms with Crippen molar-refractivity contribution < 1.29 is 4.79 Å². The lowest BCUT2D eigenvalue weighted by molar-refractivity contribution is 0.102. The Morgan fingerprint density at radius 3 is 2.55 bits per heavy atom. The maximum Gasteiger partial charge on any atom is 0.255 e. The van der Waals surface area contributed by atoms with Crippen molar-refractivity contribution in [2.45, 2.75) is 26.2 Å². The fraction of sp³-hybridized carbons (Fsp3) is 0.250. The van der Waals surface area contributed by atoms with Crippen molar-refractivity contribution >= 4 is 27.5 Å².